The summed E-state index contributed by atoms with van der Waals surface area (Å²) >= 11 is 0. The van der Waals surface area contributed by atoms with Gasteiger partial charge in [0.15, 0.2) is 11.5 Å². The van der Waals surface area contributed by atoms with E-state index in [2.05, 4.69) is 5.32 Å². The number of rotatable bonds is 3. The van der Waals surface area contributed by atoms with Crippen LogP contribution in [0.3, 0.4) is 0 Å². The van der Waals surface area contributed by atoms with Crippen LogP contribution in [0.1, 0.15) is 12.8 Å². The molecular weight excluding hydrogens is 336 g/mol. The van der Waals surface area contributed by atoms with Crippen LogP contribution >= 0.6 is 0 Å². The first-order chi connectivity index (χ1) is 12.6. The van der Waals surface area contributed by atoms with Gasteiger partial charge in [-0.1, -0.05) is 12.2 Å². The van der Waals surface area contributed by atoms with E-state index in [1.807, 2.05) is 30.4 Å². The van der Waals surface area contributed by atoms with Crippen molar-refractivity contribution in [3.8, 4) is 11.5 Å². The van der Waals surface area contributed by atoms with E-state index in [0.29, 0.717) is 18.0 Å². The topological polar surface area (TPSA) is 77.1 Å². The van der Waals surface area contributed by atoms with Crippen molar-refractivity contribution in [2.75, 3.05) is 18.2 Å². The Morgan fingerprint density at radius 1 is 1.23 bits per heavy atom. The molecule has 1 aliphatic carbocycles. The summed E-state index contributed by atoms with van der Waals surface area (Å²) in [6.45, 7) is 0.604. The van der Waals surface area contributed by atoms with Gasteiger partial charge in [-0.15, -0.1) is 0 Å². The number of benzene rings is 1. The lowest BCUT2D eigenvalue weighted by atomic mass is 9.77. The van der Waals surface area contributed by atoms with Gasteiger partial charge in [0.25, 0.3) is 0 Å². The summed E-state index contributed by atoms with van der Waals surface area (Å²) in [7, 11) is 0. The Kier molecular flexibility index (Phi) is 2.69. The number of hydrogen-bond donors (Lipinski definition) is 1. The Balaban J connectivity index is 1.33. The number of ether oxygens (including phenoxy) is 3. The molecule has 7 nitrogen and oxygen atoms in total. The molecule has 1 aromatic rings. The van der Waals surface area contributed by atoms with Gasteiger partial charge in [0.2, 0.25) is 18.6 Å². The Morgan fingerprint density at radius 3 is 2.92 bits per heavy atom. The van der Waals surface area contributed by atoms with Gasteiger partial charge in [0.05, 0.1) is 24.5 Å². The standard InChI is InChI=1S/C19H18N2O5/c22-17(20-10-1-2-10)15-13-5-6-19(26-13)8-21(18(23)16(15)19)11-3-4-12-14(7-11)25-9-24-12/h3-7,10,13,15-16H,1-2,8-9H2,(H,20,22)/t13-,15+,16-,19-/m1/s1. The normalized spacial score (nSPS) is 35.9. The third kappa shape index (κ3) is 1.86. The number of carbonyl (C=O) groups excluding carboxylic acids is 2. The SMILES string of the molecule is O=C(NC1CC1)[C@H]1[C@H]2C=C[C@]3(CN(c4ccc5c(c4)OCO5)C(=O)[C@@H]13)O2. The van der Waals surface area contributed by atoms with Crippen molar-refractivity contribution in [1.29, 1.82) is 0 Å². The lowest BCUT2D eigenvalue weighted by molar-refractivity contribution is -0.132. The van der Waals surface area contributed by atoms with Gasteiger partial charge in [-0.3, -0.25) is 9.59 Å². The van der Waals surface area contributed by atoms with Crippen LogP contribution in [0.15, 0.2) is 30.4 Å². The molecule has 2 amide bonds. The highest BCUT2D eigenvalue weighted by molar-refractivity contribution is 6.03. The van der Waals surface area contributed by atoms with Crippen molar-refractivity contribution < 1.29 is 23.8 Å². The summed E-state index contributed by atoms with van der Waals surface area (Å²) in [5, 5.41) is 3.04. The maximum Gasteiger partial charge on any atom is 0.234 e. The fourth-order valence-electron chi connectivity index (χ4n) is 4.59. The third-order valence-electron chi connectivity index (χ3n) is 5.99. The third-order valence-corrected chi connectivity index (χ3v) is 5.99. The van der Waals surface area contributed by atoms with Crippen LogP contribution in [-0.4, -0.2) is 42.9 Å². The number of hydrogen-bond acceptors (Lipinski definition) is 5. The highest BCUT2D eigenvalue weighted by Gasteiger charge is 2.67. The Labute approximate surface area is 149 Å². The van der Waals surface area contributed by atoms with E-state index in [0.717, 1.165) is 18.5 Å². The number of carbonyl (C=O) groups is 2. The molecule has 0 radical (unpaired) electrons. The Hall–Kier alpha value is -2.54. The van der Waals surface area contributed by atoms with Crippen molar-refractivity contribution >= 4 is 17.5 Å². The second-order valence-corrected chi connectivity index (χ2v) is 7.64. The zero-order chi connectivity index (χ0) is 17.5. The average molecular weight is 354 g/mol. The highest BCUT2D eigenvalue weighted by Crippen LogP contribution is 2.53. The lowest BCUT2D eigenvalue weighted by Gasteiger charge is -2.23. The van der Waals surface area contributed by atoms with Crippen LogP contribution in [0.2, 0.25) is 0 Å². The second-order valence-electron chi connectivity index (χ2n) is 7.64. The van der Waals surface area contributed by atoms with Gasteiger partial charge >= 0.3 is 0 Å². The van der Waals surface area contributed by atoms with E-state index in [9.17, 15) is 9.59 Å². The van der Waals surface area contributed by atoms with Gasteiger partial charge in [-0.2, -0.15) is 0 Å². The molecule has 0 unspecified atom stereocenters. The van der Waals surface area contributed by atoms with E-state index in [-0.39, 0.29) is 30.8 Å². The van der Waals surface area contributed by atoms with Crippen LogP contribution < -0.4 is 19.7 Å². The average Bonchev–Trinajstić information content (AvgIpc) is 3.02. The molecule has 134 valence electrons. The molecule has 5 aliphatic rings. The van der Waals surface area contributed by atoms with Gasteiger partial charge < -0.3 is 24.4 Å². The minimum absolute atomic E-state index is 0.0605. The predicted octanol–water partition coefficient (Wildman–Crippen LogP) is 0.980. The van der Waals surface area contributed by atoms with Gasteiger partial charge in [0.1, 0.15) is 5.60 Å². The zero-order valence-corrected chi connectivity index (χ0v) is 14.0. The molecule has 2 bridgehead atoms. The molecule has 26 heavy (non-hydrogen) atoms. The highest BCUT2D eigenvalue weighted by atomic mass is 16.7. The van der Waals surface area contributed by atoms with Crippen molar-refractivity contribution in [1.82, 2.24) is 5.32 Å². The number of amides is 2. The van der Waals surface area contributed by atoms with Crippen molar-refractivity contribution in [3.63, 3.8) is 0 Å². The van der Waals surface area contributed by atoms with E-state index in [1.165, 1.54) is 0 Å². The maximum absolute atomic E-state index is 13.2. The number of anilines is 1. The molecule has 4 aliphatic heterocycles. The molecule has 0 aromatic heterocycles. The smallest absolute Gasteiger partial charge is 0.234 e. The van der Waals surface area contributed by atoms with E-state index in [1.54, 1.807) is 4.90 Å². The molecule has 4 atom stereocenters. The molecule has 1 aromatic carbocycles. The first-order valence-electron chi connectivity index (χ1n) is 9.03. The van der Waals surface area contributed by atoms with Crippen LogP contribution in [-0.2, 0) is 14.3 Å². The van der Waals surface area contributed by atoms with Crippen molar-refractivity contribution in [2.24, 2.45) is 11.8 Å². The van der Waals surface area contributed by atoms with Gasteiger partial charge in [0, 0.05) is 17.8 Å². The molecule has 4 heterocycles. The van der Waals surface area contributed by atoms with Crippen LogP contribution in [0.5, 0.6) is 11.5 Å². The minimum atomic E-state index is -0.705. The van der Waals surface area contributed by atoms with E-state index in [4.69, 9.17) is 14.2 Å². The monoisotopic (exact) mass is 354 g/mol. The first kappa shape index (κ1) is 14.6. The van der Waals surface area contributed by atoms with Crippen LogP contribution in [0.4, 0.5) is 5.69 Å². The molecular formula is C19H18N2O5. The zero-order valence-electron chi connectivity index (χ0n) is 14.0. The lowest BCUT2D eigenvalue weighted by Crippen LogP contribution is -2.44. The summed E-state index contributed by atoms with van der Waals surface area (Å²) in [5.74, 6) is 0.265. The van der Waals surface area contributed by atoms with Gasteiger partial charge in [-0.25, -0.2) is 0 Å². The minimum Gasteiger partial charge on any atom is -0.454 e. The molecule has 1 saturated carbocycles. The summed E-state index contributed by atoms with van der Waals surface area (Å²) < 4.78 is 16.9. The number of nitrogens with zero attached hydrogens (tertiary/aromatic N) is 1. The fraction of sp³-hybridized carbons (Fsp3) is 0.474. The number of fused-ring (bicyclic) bond motifs is 2. The maximum atomic E-state index is 13.2. The molecule has 1 N–H and O–H groups in total. The quantitative estimate of drug-likeness (QED) is 0.819. The van der Waals surface area contributed by atoms with E-state index < -0.39 is 17.4 Å². The van der Waals surface area contributed by atoms with Crippen molar-refractivity contribution in [2.45, 2.75) is 30.6 Å². The van der Waals surface area contributed by atoms with Crippen molar-refractivity contribution in [3.05, 3.63) is 30.4 Å². The molecule has 1 spiro atoms. The van der Waals surface area contributed by atoms with Gasteiger partial charge in [-0.05, 0) is 25.0 Å². The predicted molar refractivity (Wildman–Crippen MR) is 89.8 cm³/mol. The Morgan fingerprint density at radius 2 is 2.08 bits per heavy atom. The first-order valence-corrected chi connectivity index (χ1v) is 9.03. The molecule has 2 saturated heterocycles. The summed E-state index contributed by atoms with van der Waals surface area (Å²) in [4.78, 5) is 27.7. The Bertz CT molecular complexity index is 863. The largest absolute Gasteiger partial charge is 0.454 e. The van der Waals surface area contributed by atoms with Crippen LogP contribution in [0.25, 0.3) is 0 Å². The fourth-order valence-corrected chi connectivity index (χ4v) is 4.59. The number of nitrogens with one attached hydrogen (secondary N) is 1. The van der Waals surface area contributed by atoms with E-state index >= 15 is 0 Å². The second kappa shape index (κ2) is 4.79. The molecule has 6 rings (SSSR count). The summed E-state index contributed by atoms with van der Waals surface area (Å²) in [5.41, 5.74) is 0.0359. The van der Waals surface area contributed by atoms with Crippen LogP contribution in [0, 0.1) is 11.8 Å². The summed E-state index contributed by atoms with van der Waals surface area (Å²) in [6.07, 6.45) is 5.64. The molecule has 7 heteroatoms. The molecule has 3 fully saturated rings. The summed E-state index contributed by atoms with van der Waals surface area (Å²) in [6, 6.07) is 5.73.